The molecule has 0 aliphatic rings. The van der Waals surface area contributed by atoms with Crippen LogP contribution in [0, 0.1) is 11.8 Å². The van der Waals surface area contributed by atoms with Gasteiger partial charge < -0.3 is 21.7 Å². The number of hydrogen-bond donors (Lipinski definition) is 4. The fourth-order valence-electron chi connectivity index (χ4n) is 1.96. The number of rotatable bonds is 8. The molecule has 1 aromatic carbocycles. The molecular formula is C18H28Cl2N4O3. The van der Waals surface area contributed by atoms with Crippen LogP contribution >= 0.6 is 24.0 Å². The van der Waals surface area contributed by atoms with Gasteiger partial charge in [0.25, 0.3) is 5.91 Å². The maximum Gasteiger partial charge on any atom is 0.252 e. The minimum Gasteiger partial charge on any atom is -0.352 e. The van der Waals surface area contributed by atoms with Gasteiger partial charge >= 0.3 is 0 Å². The third-order valence-corrected chi connectivity index (χ3v) is 3.93. The van der Waals surface area contributed by atoms with Gasteiger partial charge in [0.05, 0.1) is 23.2 Å². The van der Waals surface area contributed by atoms with Gasteiger partial charge in [0.1, 0.15) is 0 Å². The fourth-order valence-corrected chi connectivity index (χ4v) is 2.23. The van der Waals surface area contributed by atoms with Crippen molar-refractivity contribution in [1.82, 2.24) is 10.6 Å². The van der Waals surface area contributed by atoms with E-state index < -0.39 is 11.9 Å². The van der Waals surface area contributed by atoms with Crippen LogP contribution in [0.15, 0.2) is 18.2 Å². The lowest BCUT2D eigenvalue weighted by molar-refractivity contribution is -0.125. The maximum absolute atomic E-state index is 12.1. The largest absolute Gasteiger partial charge is 0.352 e. The zero-order chi connectivity index (χ0) is 19.9. The summed E-state index contributed by atoms with van der Waals surface area (Å²) in [6.45, 7) is 7.98. The summed E-state index contributed by atoms with van der Waals surface area (Å²) in [5.41, 5.74) is 6.48. The highest BCUT2D eigenvalue weighted by molar-refractivity contribution is 6.34. The first-order valence-electron chi connectivity index (χ1n) is 8.52. The van der Waals surface area contributed by atoms with Crippen molar-refractivity contribution < 1.29 is 14.4 Å². The van der Waals surface area contributed by atoms with Gasteiger partial charge in [-0.15, -0.1) is 12.4 Å². The first-order valence-corrected chi connectivity index (χ1v) is 8.90. The molecule has 0 aliphatic heterocycles. The van der Waals surface area contributed by atoms with Gasteiger partial charge in [-0.2, -0.15) is 0 Å². The van der Waals surface area contributed by atoms with Crippen LogP contribution < -0.4 is 21.7 Å². The highest BCUT2D eigenvalue weighted by Crippen LogP contribution is 2.21. The van der Waals surface area contributed by atoms with Crippen molar-refractivity contribution in [1.29, 1.82) is 0 Å². The summed E-state index contributed by atoms with van der Waals surface area (Å²) in [4.78, 5) is 35.7. The predicted molar refractivity (Wildman–Crippen MR) is 110 cm³/mol. The zero-order valence-corrected chi connectivity index (χ0v) is 17.5. The number of carbonyl (C=O) groups excluding carboxylic acids is 3. The van der Waals surface area contributed by atoms with E-state index in [1.807, 2.05) is 27.7 Å². The SMILES string of the molecule is CC(C)CNC(=O)c1ccc(NC(=O)CNC(=O)[C@@H](N)C(C)C)cc1Cl.Cl. The summed E-state index contributed by atoms with van der Waals surface area (Å²) in [5.74, 6) is -0.759. The molecule has 7 nitrogen and oxygen atoms in total. The Morgan fingerprint density at radius 3 is 2.26 bits per heavy atom. The second kappa shape index (κ2) is 11.8. The van der Waals surface area contributed by atoms with Gasteiger partial charge in [-0.25, -0.2) is 0 Å². The van der Waals surface area contributed by atoms with Crippen LogP contribution in [0.2, 0.25) is 5.02 Å². The molecule has 27 heavy (non-hydrogen) atoms. The van der Waals surface area contributed by atoms with Gasteiger partial charge in [0.15, 0.2) is 0 Å². The van der Waals surface area contributed by atoms with Crippen LogP contribution in [-0.4, -0.2) is 36.9 Å². The van der Waals surface area contributed by atoms with E-state index in [1.54, 1.807) is 12.1 Å². The molecule has 0 fully saturated rings. The van der Waals surface area contributed by atoms with Gasteiger partial charge in [-0.3, -0.25) is 14.4 Å². The van der Waals surface area contributed by atoms with E-state index in [1.165, 1.54) is 6.07 Å². The zero-order valence-electron chi connectivity index (χ0n) is 16.0. The van der Waals surface area contributed by atoms with Crippen molar-refractivity contribution in [3.8, 4) is 0 Å². The number of amides is 3. The maximum atomic E-state index is 12.1. The number of carbonyl (C=O) groups is 3. The van der Waals surface area contributed by atoms with E-state index in [2.05, 4.69) is 16.0 Å². The van der Waals surface area contributed by atoms with Gasteiger partial charge in [0.2, 0.25) is 11.8 Å². The molecule has 0 saturated carbocycles. The van der Waals surface area contributed by atoms with E-state index >= 15 is 0 Å². The fraction of sp³-hybridized carbons (Fsp3) is 0.500. The number of anilines is 1. The van der Waals surface area contributed by atoms with Crippen molar-refractivity contribution in [2.24, 2.45) is 17.6 Å². The van der Waals surface area contributed by atoms with Crippen LogP contribution in [0.3, 0.4) is 0 Å². The molecule has 1 aromatic rings. The third kappa shape index (κ3) is 8.60. The van der Waals surface area contributed by atoms with E-state index in [4.69, 9.17) is 17.3 Å². The topological polar surface area (TPSA) is 113 Å². The van der Waals surface area contributed by atoms with Crippen molar-refractivity contribution in [3.63, 3.8) is 0 Å². The molecule has 0 aliphatic carbocycles. The molecule has 0 heterocycles. The van der Waals surface area contributed by atoms with E-state index in [0.717, 1.165) is 0 Å². The number of nitrogens with two attached hydrogens (primary N) is 1. The molecule has 5 N–H and O–H groups in total. The summed E-state index contributed by atoms with van der Waals surface area (Å²) in [5, 5.41) is 8.11. The second-order valence-electron chi connectivity index (χ2n) is 6.83. The summed E-state index contributed by atoms with van der Waals surface area (Å²) < 4.78 is 0. The van der Waals surface area contributed by atoms with Gasteiger partial charge in [-0.05, 0) is 30.0 Å². The Bertz CT molecular complexity index is 666. The molecule has 0 unspecified atom stereocenters. The first kappa shape index (κ1) is 25.2. The minimum atomic E-state index is -0.666. The molecule has 1 rings (SSSR count). The molecule has 0 saturated heterocycles. The molecule has 3 amide bonds. The van der Waals surface area contributed by atoms with Crippen LogP contribution in [0.5, 0.6) is 0 Å². The molecule has 0 aromatic heterocycles. The lowest BCUT2D eigenvalue weighted by Crippen LogP contribution is -2.46. The molecular weight excluding hydrogens is 391 g/mol. The molecule has 0 spiro atoms. The van der Waals surface area contributed by atoms with E-state index in [-0.39, 0.29) is 41.7 Å². The van der Waals surface area contributed by atoms with Crippen molar-refractivity contribution in [2.75, 3.05) is 18.4 Å². The van der Waals surface area contributed by atoms with E-state index in [9.17, 15) is 14.4 Å². The number of benzene rings is 1. The summed E-state index contributed by atoms with van der Waals surface area (Å²) >= 11 is 6.13. The number of hydrogen-bond acceptors (Lipinski definition) is 4. The number of nitrogens with one attached hydrogen (secondary N) is 3. The summed E-state index contributed by atoms with van der Waals surface area (Å²) in [7, 11) is 0. The van der Waals surface area contributed by atoms with Gasteiger partial charge in [0, 0.05) is 12.2 Å². The lowest BCUT2D eigenvalue weighted by atomic mass is 10.1. The molecule has 0 radical (unpaired) electrons. The highest BCUT2D eigenvalue weighted by atomic mass is 35.5. The van der Waals surface area contributed by atoms with Crippen molar-refractivity contribution >= 4 is 47.4 Å². The smallest absolute Gasteiger partial charge is 0.252 e. The molecule has 1 atom stereocenters. The normalized spacial score (nSPS) is 11.6. The highest BCUT2D eigenvalue weighted by Gasteiger charge is 2.18. The monoisotopic (exact) mass is 418 g/mol. The Morgan fingerprint density at radius 1 is 1.11 bits per heavy atom. The number of halogens is 2. The average Bonchev–Trinajstić information content (AvgIpc) is 2.56. The van der Waals surface area contributed by atoms with E-state index in [0.29, 0.717) is 23.7 Å². The Kier molecular flexibility index (Phi) is 11.0. The standard InChI is InChI=1S/C18H27ClN4O3.ClH/c1-10(2)8-21-17(25)13-6-5-12(7-14(13)19)23-15(24)9-22-18(26)16(20)11(3)4;/h5-7,10-11,16H,8-9,20H2,1-4H3,(H,21,25)(H,22,26)(H,23,24);1H/t16-;/m0./s1. The van der Waals surface area contributed by atoms with Crippen LogP contribution in [-0.2, 0) is 9.59 Å². The van der Waals surface area contributed by atoms with Crippen LogP contribution in [0.25, 0.3) is 0 Å². The Morgan fingerprint density at radius 2 is 1.74 bits per heavy atom. The Labute approximate surface area is 171 Å². The predicted octanol–water partition coefficient (Wildman–Crippen LogP) is 2.19. The Hall–Kier alpha value is -1.83. The molecule has 0 bridgehead atoms. The second-order valence-corrected chi connectivity index (χ2v) is 7.24. The van der Waals surface area contributed by atoms with Crippen LogP contribution in [0.4, 0.5) is 5.69 Å². The lowest BCUT2D eigenvalue weighted by Gasteiger charge is -2.15. The van der Waals surface area contributed by atoms with Crippen LogP contribution in [0.1, 0.15) is 38.1 Å². The molecule has 152 valence electrons. The van der Waals surface area contributed by atoms with Crippen molar-refractivity contribution in [2.45, 2.75) is 33.7 Å². The average molecular weight is 419 g/mol. The van der Waals surface area contributed by atoms with Crippen molar-refractivity contribution in [3.05, 3.63) is 28.8 Å². The Balaban J connectivity index is 0.00000676. The minimum absolute atomic E-state index is 0. The summed E-state index contributed by atoms with van der Waals surface area (Å²) in [6, 6.07) is 3.95. The quantitative estimate of drug-likeness (QED) is 0.517. The summed E-state index contributed by atoms with van der Waals surface area (Å²) in [6.07, 6.45) is 0. The van der Waals surface area contributed by atoms with Gasteiger partial charge in [-0.1, -0.05) is 39.3 Å². The first-order chi connectivity index (χ1) is 12.1. The molecule has 9 heteroatoms. The third-order valence-electron chi connectivity index (χ3n) is 3.61.